The molecule has 1 aromatic rings. The van der Waals surface area contributed by atoms with Gasteiger partial charge in [0.2, 0.25) is 0 Å². The molecule has 0 aromatic heterocycles. The zero-order chi connectivity index (χ0) is 9.68. The number of hydrogen-bond acceptors (Lipinski definition) is 1. The van der Waals surface area contributed by atoms with Crippen LogP contribution in [0.5, 0.6) is 0 Å². The van der Waals surface area contributed by atoms with Crippen LogP contribution in [-0.2, 0) is 45.6 Å². The Balaban J connectivity index is 0. The maximum absolute atomic E-state index is 8.42. The Bertz CT molecular complexity index is 321. The van der Waals surface area contributed by atoms with Gasteiger partial charge in [-0.25, -0.2) is 0 Å². The van der Waals surface area contributed by atoms with E-state index in [2.05, 4.69) is 23.9 Å². The fourth-order valence-electron chi connectivity index (χ4n) is 1.39. The molecule has 0 aliphatic carbocycles. The van der Waals surface area contributed by atoms with Gasteiger partial charge in [-0.15, -0.1) is 0 Å². The molecule has 0 fully saturated rings. The van der Waals surface area contributed by atoms with E-state index in [0.717, 1.165) is 29.7 Å². The molecular formula is C11H16N3Y-. The summed E-state index contributed by atoms with van der Waals surface area (Å²) < 4.78 is 0. The van der Waals surface area contributed by atoms with E-state index in [9.17, 15) is 0 Å². The van der Waals surface area contributed by atoms with Gasteiger partial charge in [0.25, 0.3) is 0 Å². The molecule has 0 saturated carbocycles. The van der Waals surface area contributed by atoms with Crippen LogP contribution in [0.3, 0.4) is 0 Å². The summed E-state index contributed by atoms with van der Waals surface area (Å²) in [6, 6.07) is 6.01. The standard InChI is InChI=1S/C10H13N3.CH3.Y/c1-3-8-6-5-7-9(4-2)10(8)12-13-11;;/h5-7H,3-4H2,1-2H3;1H3;/q;-1;. The van der Waals surface area contributed by atoms with E-state index in [1.165, 1.54) is 0 Å². The van der Waals surface area contributed by atoms with Gasteiger partial charge in [0.1, 0.15) is 0 Å². The van der Waals surface area contributed by atoms with E-state index < -0.39 is 0 Å². The Morgan fingerprint density at radius 3 is 2.00 bits per heavy atom. The van der Waals surface area contributed by atoms with Crippen molar-refractivity contribution in [2.75, 3.05) is 0 Å². The van der Waals surface area contributed by atoms with Gasteiger partial charge in [0, 0.05) is 43.3 Å². The summed E-state index contributed by atoms with van der Waals surface area (Å²) in [5.41, 5.74) is 11.5. The van der Waals surface area contributed by atoms with Crippen LogP contribution >= 0.6 is 0 Å². The van der Waals surface area contributed by atoms with Crippen molar-refractivity contribution in [2.24, 2.45) is 5.11 Å². The molecule has 15 heavy (non-hydrogen) atoms. The summed E-state index contributed by atoms with van der Waals surface area (Å²) in [5, 5.41) is 3.73. The van der Waals surface area contributed by atoms with Crippen molar-refractivity contribution >= 4 is 5.69 Å². The van der Waals surface area contributed by atoms with Gasteiger partial charge in [-0.2, -0.15) is 0 Å². The molecule has 1 radical (unpaired) electrons. The largest absolute Gasteiger partial charge is 0.358 e. The number of benzene rings is 1. The summed E-state index contributed by atoms with van der Waals surface area (Å²) in [6.45, 7) is 4.12. The number of rotatable bonds is 3. The number of aryl methyl sites for hydroxylation is 2. The number of nitrogens with zero attached hydrogens (tertiary/aromatic N) is 3. The van der Waals surface area contributed by atoms with Gasteiger partial charge >= 0.3 is 0 Å². The van der Waals surface area contributed by atoms with Crippen LogP contribution in [0, 0.1) is 7.43 Å². The van der Waals surface area contributed by atoms with Gasteiger partial charge in [-0.3, -0.25) is 0 Å². The minimum absolute atomic E-state index is 0. The molecule has 0 atom stereocenters. The Morgan fingerprint density at radius 2 is 1.67 bits per heavy atom. The normalized spacial score (nSPS) is 8.13. The monoisotopic (exact) mass is 279 g/mol. The predicted octanol–water partition coefficient (Wildman–Crippen LogP) is 4.20. The molecule has 0 saturated heterocycles. The molecule has 1 aromatic carbocycles. The Labute approximate surface area is 117 Å². The second-order valence-corrected chi connectivity index (χ2v) is 2.82. The molecule has 0 unspecified atom stereocenters. The van der Waals surface area contributed by atoms with Crippen molar-refractivity contribution in [2.45, 2.75) is 26.7 Å². The van der Waals surface area contributed by atoms with Crippen LogP contribution in [0.25, 0.3) is 10.4 Å². The van der Waals surface area contributed by atoms with Crippen LogP contribution in [0.2, 0.25) is 0 Å². The minimum Gasteiger partial charge on any atom is -0.358 e. The maximum Gasteiger partial charge on any atom is 0.0439 e. The van der Waals surface area contributed by atoms with Crippen molar-refractivity contribution in [1.82, 2.24) is 0 Å². The number of hydrogen-bond donors (Lipinski definition) is 0. The molecule has 0 heterocycles. The fourth-order valence-corrected chi connectivity index (χ4v) is 1.39. The van der Waals surface area contributed by atoms with Gasteiger partial charge in [0.05, 0.1) is 0 Å². The maximum atomic E-state index is 8.42. The smallest absolute Gasteiger partial charge is 0.0439 e. The van der Waals surface area contributed by atoms with Gasteiger partial charge in [-0.1, -0.05) is 37.2 Å². The van der Waals surface area contributed by atoms with E-state index in [1.807, 2.05) is 18.2 Å². The van der Waals surface area contributed by atoms with E-state index >= 15 is 0 Å². The van der Waals surface area contributed by atoms with Crippen LogP contribution in [-0.4, -0.2) is 0 Å². The Hall–Kier alpha value is -0.366. The van der Waals surface area contributed by atoms with Gasteiger partial charge in [-0.05, 0) is 29.5 Å². The SMILES string of the molecule is CCc1cccc(CC)c1N=[N+]=[N-].[CH3-].[Y]. The van der Waals surface area contributed by atoms with Crippen LogP contribution in [0.15, 0.2) is 23.3 Å². The van der Waals surface area contributed by atoms with Crippen molar-refractivity contribution in [3.05, 3.63) is 47.2 Å². The molecule has 3 nitrogen and oxygen atoms in total. The first-order valence-electron chi connectivity index (χ1n) is 4.49. The van der Waals surface area contributed by atoms with E-state index in [-0.39, 0.29) is 40.1 Å². The van der Waals surface area contributed by atoms with E-state index in [1.54, 1.807) is 0 Å². The molecule has 0 bridgehead atoms. The van der Waals surface area contributed by atoms with Gasteiger partial charge < -0.3 is 7.43 Å². The van der Waals surface area contributed by atoms with E-state index in [0.29, 0.717) is 0 Å². The molecular weight excluding hydrogens is 263 g/mol. The third-order valence-corrected chi connectivity index (χ3v) is 2.11. The number of azide groups is 1. The molecule has 0 spiro atoms. The molecule has 0 aliphatic heterocycles. The predicted molar refractivity (Wildman–Crippen MR) is 60.4 cm³/mol. The summed E-state index contributed by atoms with van der Waals surface area (Å²) in [6.07, 6.45) is 1.81. The van der Waals surface area contributed by atoms with Crippen molar-refractivity contribution in [3.8, 4) is 0 Å². The molecule has 79 valence electrons. The first kappa shape index (κ1) is 17.0. The topological polar surface area (TPSA) is 48.8 Å². The fraction of sp³-hybridized carbons (Fsp3) is 0.364. The average Bonchev–Trinajstić information content (AvgIpc) is 2.18. The molecule has 0 N–H and O–H groups in total. The third-order valence-electron chi connectivity index (χ3n) is 2.11. The first-order valence-corrected chi connectivity index (χ1v) is 4.49. The Kier molecular flexibility index (Phi) is 10.1. The Morgan fingerprint density at radius 1 is 1.20 bits per heavy atom. The molecule has 1 rings (SSSR count). The first-order chi connectivity index (χ1) is 6.33. The summed E-state index contributed by atoms with van der Waals surface area (Å²) in [4.78, 5) is 2.85. The van der Waals surface area contributed by atoms with Crippen molar-refractivity contribution in [3.63, 3.8) is 0 Å². The van der Waals surface area contributed by atoms with Crippen LogP contribution in [0.1, 0.15) is 25.0 Å². The summed E-state index contributed by atoms with van der Waals surface area (Å²) in [5.74, 6) is 0. The zero-order valence-electron chi connectivity index (χ0n) is 9.57. The molecule has 0 amide bonds. The average molecular weight is 279 g/mol. The minimum atomic E-state index is 0. The second-order valence-electron chi connectivity index (χ2n) is 2.82. The van der Waals surface area contributed by atoms with Gasteiger partial charge in [0.15, 0.2) is 0 Å². The third kappa shape index (κ3) is 4.33. The molecule has 4 heteroatoms. The summed E-state index contributed by atoms with van der Waals surface area (Å²) >= 11 is 0. The van der Waals surface area contributed by atoms with Crippen molar-refractivity contribution < 1.29 is 32.7 Å². The van der Waals surface area contributed by atoms with E-state index in [4.69, 9.17) is 5.53 Å². The quantitative estimate of drug-likeness (QED) is 0.344. The zero-order valence-corrected chi connectivity index (χ0v) is 12.4. The second kappa shape index (κ2) is 8.90. The van der Waals surface area contributed by atoms with Crippen molar-refractivity contribution in [1.29, 1.82) is 0 Å². The summed E-state index contributed by atoms with van der Waals surface area (Å²) in [7, 11) is 0. The van der Waals surface area contributed by atoms with Crippen LogP contribution in [0.4, 0.5) is 5.69 Å². The molecule has 0 aliphatic rings. The van der Waals surface area contributed by atoms with Crippen LogP contribution < -0.4 is 0 Å².